The molecule has 0 aliphatic carbocycles. The lowest BCUT2D eigenvalue weighted by Crippen LogP contribution is -2.41. The summed E-state index contributed by atoms with van der Waals surface area (Å²) in [5.41, 5.74) is 10.6. The molecule has 0 saturated carbocycles. The van der Waals surface area contributed by atoms with Crippen LogP contribution in [0.3, 0.4) is 0 Å². The van der Waals surface area contributed by atoms with Crippen LogP contribution in [0.15, 0.2) is 17.4 Å². The summed E-state index contributed by atoms with van der Waals surface area (Å²) in [5, 5.41) is 7.60. The predicted molar refractivity (Wildman–Crippen MR) is 140 cm³/mol. The van der Waals surface area contributed by atoms with Crippen molar-refractivity contribution in [3.8, 4) is 0 Å². The molecule has 2 bridgehead atoms. The fourth-order valence-electron chi connectivity index (χ4n) is 5.15. The van der Waals surface area contributed by atoms with Gasteiger partial charge in [-0.3, -0.25) is 23.4 Å². The minimum Gasteiger partial charge on any atom is -0.382 e. The van der Waals surface area contributed by atoms with Crippen molar-refractivity contribution in [2.24, 2.45) is 0 Å². The molecule has 3 saturated heterocycles. The molecule has 1 unspecified atom stereocenters. The Morgan fingerprint density at radius 1 is 1.11 bits per heavy atom. The lowest BCUT2D eigenvalue weighted by atomic mass is 10.1. The van der Waals surface area contributed by atoms with E-state index in [-0.39, 0.29) is 40.5 Å². The van der Waals surface area contributed by atoms with Crippen molar-refractivity contribution in [3.63, 3.8) is 0 Å². The molecule has 7 N–H and O–H groups in total. The number of aromatic amines is 1. The van der Waals surface area contributed by atoms with Crippen LogP contribution in [0.2, 0.25) is 0 Å². The number of nitrogens with two attached hydrogens (primary N) is 2. The molecule has 236 valence electrons. The normalized spacial score (nSPS) is 34.4. The molecule has 0 radical (unpaired) electrons. The first-order valence-electron chi connectivity index (χ1n) is 12.7. The molecular formula is C19H22FN12O10PS. The fraction of sp³-hybridized carbons (Fsp3) is 0.526. The molecule has 7 rings (SSSR count). The van der Waals surface area contributed by atoms with Crippen molar-refractivity contribution >= 4 is 52.2 Å². The topological polar surface area (TPSA) is 302 Å². The van der Waals surface area contributed by atoms with Gasteiger partial charge in [0, 0.05) is 13.0 Å². The van der Waals surface area contributed by atoms with E-state index in [1.54, 1.807) is 0 Å². The second-order valence-electron chi connectivity index (χ2n) is 9.91. The summed E-state index contributed by atoms with van der Waals surface area (Å²) >= 11 is 0. The Morgan fingerprint density at radius 2 is 1.93 bits per heavy atom. The Hall–Kier alpha value is -3.74. The third-order valence-electron chi connectivity index (χ3n) is 7.06. The highest BCUT2D eigenvalue weighted by molar-refractivity contribution is 7.84. The standard InChI is InChI=1S/C19H22FN12O10PS/c20-9-12-8(40-18(9)31-5-25-10-13(21)23-4-24-14(10)31)3-38-43(34,35)41-7-1-6(2-26-44(36,37)42-12)39-17(7)32-15-11(29-30-32)16(33)28-19(22)27-15/h4-9,12,17-18,26H,1-3H2,(H,34,35)(H2,21,23,24)(H3,22,27,28,33)/t6-,7+,8+,9+,12+,17+,18+/m0/s1. The van der Waals surface area contributed by atoms with Gasteiger partial charge < -0.3 is 25.8 Å². The van der Waals surface area contributed by atoms with E-state index in [9.17, 15) is 22.7 Å². The quantitative estimate of drug-likeness (QED) is 0.142. The van der Waals surface area contributed by atoms with Gasteiger partial charge >= 0.3 is 18.1 Å². The number of imidazole rings is 1. The zero-order valence-electron chi connectivity index (χ0n) is 21.9. The average molecular weight is 660 g/mol. The molecule has 8 atom stereocenters. The summed E-state index contributed by atoms with van der Waals surface area (Å²) in [6.45, 7) is -1.30. The molecule has 4 aromatic heterocycles. The molecule has 0 aromatic carbocycles. The maximum Gasteiger partial charge on any atom is 0.472 e. The maximum absolute atomic E-state index is 15.8. The van der Waals surface area contributed by atoms with Gasteiger partial charge in [0.2, 0.25) is 5.95 Å². The van der Waals surface area contributed by atoms with Gasteiger partial charge in [0.05, 0.1) is 19.0 Å². The predicted octanol–water partition coefficient (Wildman–Crippen LogP) is -2.22. The smallest absolute Gasteiger partial charge is 0.382 e. The van der Waals surface area contributed by atoms with E-state index in [2.05, 4.69) is 40.0 Å². The van der Waals surface area contributed by atoms with E-state index in [4.69, 9.17) is 34.2 Å². The van der Waals surface area contributed by atoms with E-state index < -0.39 is 79.9 Å². The van der Waals surface area contributed by atoms with E-state index in [1.165, 1.54) is 0 Å². The van der Waals surface area contributed by atoms with Crippen LogP contribution < -0.4 is 21.7 Å². The SMILES string of the molecule is Nc1nc2c(nnn2[C@@H]2O[C@@H]3CNS(=O)(=O)O[C@H]4[C@@H](F)[C@H](n5cnc6c(N)ncnc65)O[C@@H]4COP(=O)(O)O[C@@H]2C3)c(=O)[nH]1. The summed E-state index contributed by atoms with van der Waals surface area (Å²) in [6.07, 6.45) is -8.65. The largest absolute Gasteiger partial charge is 0.472 e. The van der Waals surface area contributed by atoms with E-state index in [0.29, 0.717) is 0 Å². The van der Waals surface area contributed by atoms with Gasteiger partial charge in [-0.25, -0.2) is 28.1 Å². The van der Waals surface area contributed by atoms with Crippen LogP contribution in [-0.4, -0.2) is 102 Å². The van der Waals surface area contributed by atoms with Gasteiger partial charge in [-0.1, -0.05) is 5.21 Å². The molecule has 0 spiro atoms. The zero-order chi connectivity index (χ0) is 31.0. The van der Waals surface area contributed by atoms with Gasteiger partial charge in [-0.05, 0) is 0 Å². The van der Waals surface area contributed by atoms with Crippen LogP contribution in [0.1, 0.15) is 18.9 Å². The first kappa shape index (κ1) is 29.0. The Bertz CT molecular complexity index is 1970. The molecule has 0 amide bonds. The summed E-state index contributed by atoms with van der Waals surface area (Å²) in [4.78, 5) is 41.0. The summed E-state index contributed by atoms with van der Waals surface area (Å²) in [5.74, 6) is -0.258. The van der Waals surface area contributed by atoms with Crippen molar-refractivity contribution in [2.75, 3.05) is 24.6 Å². The Labute approximate surface area is 243 Å². The highest BCUT2D eigenvalue weighted by Gasteiger charge is 2.52. The molecule has 22 nitrogen and oxygen atoms in total. The number of ether oxygens (including phenoxy) is 2. The number of phosphoric acid groups is 1. The third-order valence-corrected chi connectivity index (χ3v) is 9.07. The van der Waals surface area contributed by atoms with Crippen LogP contribution in [0.5, 0.6) is 0 Å². The molecule has 7 heterocycles. The minimum absolute atomic E-state index is 0.00883. The van der Waals surface area contributed by atoms with Gasteiger partial charge in [-0.2, -0.15) is 22.8 Å². The minimum atomic E-state index is -4.98. The summed E-state index contributed by atoms with van der Waals surface area (Å²) in [7, 11) is -9.66. The monoisotopic (exact) mass is 660 g/mol. The molecule has 3 aliphatic heterocycles. The number of halogens is 1. The first-order valence-corrected chi connectivity index (χ1v) is 15.6. The number of H-pyrrole nitrogens is 1. The molecule has 44 heavy (non-hydrogen) atoms. The fourth-order valence-corrected chi connectivity index (χ4v) is 7.06. The van der Waals surface area contributed by atoms with E-state index in [0.717, 1.165) is 21.9 Å². The number of nitrogens with one attached hydrogen (secondary N) is 2. The van der Waals surface area contributed by atoms with Gasteiger partial charge in [-0.15, -0.1) is 5.10 Å². The number of phosphoric ester groups is 1. The second-order valence-corrected chi connectivity index (χ2v) is 12.7. The van der Waals surface area contributed by atoms with E-state index >= 15 is 4.39 Å². The Kier molecular flexibility index (Phi) is 6.87. The van der Waals surface area contributed by atoms with Gasteiger partial charge in [0.1, 0.15) is 30.2 Å². The summed E-state index contributed by atoms with van der Waals surface area (Å²) < 4.78 is 86.4. The lowest BCUT2D eigenvalue weighted by molar-refractivity contribution is -0.0578. The van der Waals surface area contributed by atoms with Crippen LogP contribution in [0.4, 0.5) is 16.2 Å². The van der Waals surface area contributed by atoms with Crippen LogP contribution in [0, 0.1) is 0 Å². The van der Waals surface area contributed by atoms with Crippen molar-refractivity contribution in [3.05, 3.63) is 23.0 Å². The number of alkyl halides is 1. The number of aromatic nitrogens is 9. The zero-order valence-corrected chi connectivity index (χ0v) is 23.6. The highest BCUT2D eigenvalue weighted by atomic mass is 32.2. The van der Waals surface area contributed by atoms with Crippen LogP contribution in [-0.2, 0) is 37.6 Å². The number of nitrogens with zero attached hydrogens (tertiary/aromatic N) is 8. The Morgan fingerprint density at radius 3 is 2.75 bits per heavy atom. The number of nitrogen functional groups attached to an aromatic ring is 2. The number of hydrogen-bond acceptors (Lipinski definition) is 17. The third kappa shape index (κ3) is 5.08. The van der Waals surface area contributed by atoms with Crippen molar-refractivity contribution in [2.45, 2.75) is 49.5 Å². The lowest BCUT2D eigenvalue weighted by Gasteiger charge is -2.24. The van der Waals surface area contributed by atoms with Crippen molar-refractivity contribution in [1.82, 2.24) is 49.2 Å². The van der Waals surface area contributed by atoms with E-state index in [1.807, 2.05) is 0 Å². The van der Waals surface area contributed by atoms with Crippen molar-refractivity contribution < 1.29 is 45.0 Å². The van der Waals surface area contributed by atoms with Gasteiger partial charge in [0.25, 0.3) is 5.56 Å². The van der Waals surface area contributed by atoms with Gasteiger partial charge in [0.15, 0.2) is 41.3 Å². The van der Waals surface area contributed by atoms with Crippen LogP contribution >= 0.6 is 7.82 Å². The number of hydrogen-bond donors (Lipinski definition) is 5. The molecule has 25 heteroatoms. The number of rotatable bonds is 2. The average Bonchev–Trinajstić information content (AvgIpc) is 3.72. The second kappa shape index (κ2) is 10.4. The molecule has 4 aromatic rings. The molecular weight excluding hydrogens is 638 g/mol. The van der Waals surface area contributed by atoms with Crippen LogP contribution in [0.25, 0.3) is 22.3 Å². The van der Waals surface area contributed by atoms with Crippen molar-refractivity contribution in [1.29, 1.82) is 0 Å². The maximum atomic E-state index is 15.8. The first-order chi connectivity index (χ1) is 20.9. The number of anilines is 2. The molecule has 3 aliphatic rings. The highest BCUT2D eigenvalue weighted by Crippen LogP contribution is 2.50. The molecule has 3 fully saturated rings. The number of fused-ring (bicyclic) bond motifs is 5. The summed E-state index contributed by atoms with van der Waals surface area (Å²) in [6, 6.07) is 0. The Balaban J connectivity index is 1.19.